The molecule has 0 saturated heterocycles. The Hall–Kier alpha value is -1.29. The van der Waals surface area contributed by atoms with E-state index in [4.69, 9.17) is 5.11 Å². The summed E-state index contributed by atoms with van der Waals surface area (Å²) >= 11 is 0. The van der Waals surface area contributed by atoms with Gasteiger partial charge in [-0.1, -0.05) is 19.3 Å². The van der Waals surface area contributed by atoms with Gasteiger partial charge in [-0.3, -0.25) is 0 Å². The fourth-order valence-electron chi connectivity index (χ4n) is 2.80. The largest absolute Gasteiger partial charge is 0.478 e. The first-order valence-corrected chi connectivity index (χ1v) is 6.27. The topological polar surface area (TPSA) is 62.5 Å². The summed E-state index contributed by atoms with van der Waals surface area (Å²) in [4.78, 5) is 11.2. The van der Waals surface area contributed by atoms with Gasteiger partial charge in [0, 0.05) is 24.4 Å². The first kappa shape index (κ1) is 12.2. The molecule has 4 nitrogen and oxygen atoms in total. The summed E-state index contributed by atoms with van der Waals surface area (Å²) in [6, 6.07) is 1.65. The lowest BCUT2D eigenvalue weighted by Gasteiger charge is -2.24. The van der Waals surface area contributed by atoms with Crippen LogP contribution in [0.3, 0.4) is 0 Å². The van der Waals surface area contributed by atoms with E-state index in [1.807, 2.05) is 4.57 Å². The third-order valence-electron chi connectivity index (χ3n) is 3.57. The monoisotopic (exact) mass is 237 g/mol. The fourth-order valence-corrected chi connectivity index (χ4v) is 2.80. The van der Waals surface area contributed by atoms with E-state index in [2.05, 4.69) is 0 Å². The van der Waals surface area contributed by atoms with E-state index in [0.29, 0.717) is 18.0 Å². The van der Waals surface area contributed by atoms with Crippen LogP contribution in [0.1, 0.15) is 54.1 Å². The minimum Gasteiger partial charge on any atom is -0.478 e. The molecular formula is C13H19NO3. The average molecular weight is 237 g/mol. The van der Waals surface area contributed by atoms with Crippen LogP contribution in [0.4, 0.5) is 0 Å². The van der Waals surface area contributed by atoms with Gasteiger partial charge in [0.05, 0.1) is 12.2 Å². The van der Waals surface area contributed by atoms with Crippen molar-refractivity contribution >= 4 is 5.97 Å². The summed E-state index contributed by atoms with van der Waals surface area (Å²) in [7, 11) is 0. The number of hydrogen-bond donors (Lipinski definition) is 2. The van der Waals surface area contributed by atoms with Crippen molar-refractivity contribution < 1.29 is 15.0 Å². The second kappa shape index (κ2) is 5.36. The van der Waals surface area contributed by atoms with Crippen LogP contribution in [0.2, 0.25) is 0 Å². The summed E-state index contributed by atoms with van der Waals surface area (Å²) in [6.07, 6.45) is 7.51. The fraction of sp³-hybridized carbons (Fsp3) is 0.615. The van der Waals surface area contributed by atoms with Crippen molar-refractivity contribution in [3.05, 3.63) is 23.5 Å². The first-order valence-electron chi connectivity index (χ1n) is 6.27. The molecule has 1 aliphatic rings. The normalized spacial score (nSPS) is 17.2. The Kier molecular flexibility index (Phi) is 3.84. The zero-order chi connectivity index (χ0) is 12.3. The Labute approximate surface area is 101 Å². The van der Waals surface area contributed by atoms with Gasteiger partial charge >= 0.3 is 5.97 Å². The van der Waals surface area contributed by atoms with Crippen LogP contribution in [0.25, 0.3) is 0 Å². The van der Waals surface area contributed by atoms with E-state index in [-0.39, 0.29) is 6.61 Å². The molecule has 0 radical (unpaired) electrons. The zero-order valence-corrected chi connectivity index (χ0v) is 9.93. The molecule has 2 N–H and O–H groups in total. The highest BCUT2D eigenvalue weighted by Gasteiger charge is 2.24. The summed E-state index contributed by atoms with van der Waals surface area (Å²) in [6.45, 7) is 0.534. The minimum atomic E-state index is -0.859. The molecule has 4 heteroatoms. The molecular weight excluding hydrogens is 218 g/mol. The van der Waals surface area contributed by atoms with Crippen molar-refractivity contribution in [3.8, 4) is 0 Å². The summed E-state index contributed by atoms with van der Waals surface area (Å²) < 4.78 is 1.90. The van der Waals surface area contributed by atoms with Crippen molar-refractivity contribution in [2.75, 3.05) is 6.61 Å². The van der Waals surface area contributed by atoms with Crippen molar-refractivity contribution in [1.29, 1.82) is 0 Å². The first-order chi connectivity index (χ1) is 8.24. The van der Waals surface area contributed by atoms with Gasteiger partial charge in [0.2, 0.25) is 0 Å². The summed E-state index contributed by atoms with van der Waals surface area (Å²) in [5.41, 5.74) is 1.32. The van der Waals surface area contributed by atoms with E-state index >= 15 is 0 Å². The molecule has 0 atom stereocenters. The van der Waals surface area contributed by atoms with Gasteiger partial charge in [0.1, 0.15) is 0 Å². The smallest absolute Gasteiger partial charge is 0.337 e. The van der Waals surface area contributed by atoms with Crippen LogP contribution in [-0.2, 0) is 6.54 Å². The molecule has 0 unspecified atom stereocenters. The maximum atomic E-state index is 11.2. The number of aromatic carboxylic acids is 1. The number of hydrogen-bond acceptors (Lipinski definition) is 2. The Morgan fingerprint density at radius 1 is 1.35 bits per heavy atom. The van der Waals surface area contributed by atoms with Crippen LogP contribution >= 0.6 is 0 Å². The Balaban J connectivity index is 2.32. The second-order valence-electron chi connectivity index (χ2n) is 4.67. The molecule has 0 aromatic carbocycles. The Bertz CT molecular complexity index is 391. The maximum Gasteiger partial charge on any atom is 0.337 e. The highest BCUT2D eigenvalue weighted by Crippen LogP contribution is 2.34. The Morgan fingerprint density at radius 3 is 2.65 bits per heavy atom. The molecule has 0 bridgehead atoms. The van der Waals surface area contributed by atoms with Crippen molar-refractivity contribution in [3.63, 3.8) is 0 Å². The quantitative estimate of drug-likeness (QED) is 0.844. The van der Waals surface area contributed by atoms with E-state index in [1.54, 1.807) is 12.3 Å². The third kappa shape index (κ3) is 2.52. The minimum absolute atomic E-state index is 0.0491. The SMILES string of the molecule is O=C(O)c1ccn(CCO)c1C1CCCCC1. The number of rotatable bonds is 4. The predicted molar refractivity (Wildman–Crippen MR) is 64.3 cm³/mol. The molecule has 1 fully saturated rings. The van der Waals surface area contributed by atoms with Crippen molar-refractivity contribution in [2.45, 2.75) is 44.6 Å². The van der Waals surface area contributed by atoms with Crippen LogP contribution in [0.15, 0.2) is 12.3 Å². The van der Waals surface area contributed by atoms with Crippen LogP contribution < -0.4 is 0 Å². The number of aliphatic hydroxyl groups excluding tert-OH is 1. The number of aliphatic hydroxyl groups is 1. The van der Waals surface area contributed by atoms with Crippen molar-refractivity contribution in [2.24, 2.45) is 0 Å². The molecule has 0 spiro atoms. The van der Waals surface area contributed by atoms with E-state index < -0.39 is 5.97 Å². The summed E-state index contributed by atoms with van der Waals surface area (Å²) in [5, 5.41) is 18.2. The van der Waals surface area contributed by atoms with Crippen molar-refractivity contribution in [1.82, 2.24) is 4.57 Å². The average Bonchev–Trinajstić information content (AvgIpc) is 2.74. The standard InChI is InChI=1S/C13H19NO3/c15-9-8-14-7-6-11(13(16)17)12(14)10-4-2-1-3-5-10/h6-7,10,15H,1-5,8-9H2,(H,16,17). The lowest BCUT2D eigenvalue weighted by atomic mass is 9.85. The Morgan fingerprint density at radius 2 is 2.06 bits per heavy atom. The van der Waals surface area contributed by atoms with E-state index in [1.165, 1.54) is 19.3 Å². The molecule has 0 amide bonds. The number of carboxylic acids is 1. The highest BCUT2D eigenvalue weighted by atomic mass is 16.4. The molecule has 0 aliphatic heterocycles. The van der Waals surface area contributed by atoms with Gasteiger partial charge < -0.3 is 14.8 Å². The number of carboxylic acid groups (broad SMARTS) is 1. The van der Waals surface area contributed by atoms with Crippen LogP contribution in [-0.4, -0.2) is 27.4 Å². The van der Waals surface area contributed by atoms with Gasteiger partial charge in [-0.05, 0) is 18.9 Å². The van der Waals surface area contributed by atoms with Gasteiger partial charge in [-0.2, -0.15) is 0 Å². The molecule has 1 aromatic heterocycles. The third-order valence-corrected chi connectivity index (χ3v) is 3.57. The number of nitrogens with zero attached hydrogens (tertiary/aromatic N) is 1. The van der Waals surface area contributed by atoms with E-state index in [0.717, 1.165) is 18.5 Å². The molecule has 17 heavy (non-hydrogen) atoms. The van der Waals surface area contributed by atoms with Gasteiger partial charge in [-0.25, -0.2) is 4.79 Å². The van der Waals surface area contributed by atoms with E-state index in [9.17, 15) is 9.90 Å². The lowest BCUT2D eigenvalue weighted by molar-refractivity contribution is 0.0694. The molecule has 94 valence electrons. The van der Waals surface area contributed by atoms with Gasteiger partial charge in [0.25, 0.3) is 0 Å². The van der Waals surface area contributed by atoms with Gasteiger partial charge in [0.15, 0.2) is 0 Å². The van der Waals surface area contributed by atoms with Gasteiger partial charge in [-0.15, -0.1) is 0 Å². The summed E-state index contributed by atoms with van der Waals surface area (Å²) in [5.74, 6) is -0.515. The van der Waals surface area contributed by atoms with Crippen LogP contribution in [0, 0.1) is 0 Å². The highest BCUT2D eigenvalue weighted by molar-refractivity contribution is 5.89. The predicted octanol–water partition coefficient (Wildman–Crippen LogP) is 2.23. The lowest BCUT2D eigenvalue weighted by Crippen LogP contribution is -2.15. The molecule has 2 rings (SSSR count). The van der Waals surface area contributed by atoms with Crippen LogP contribution in [0.5, 0.6) is 0 Å². The maximum absolute atomic E-state index is 11.2. The zero-order valence-electron chi connectivity index (χ0n) is 9.93. The number of aromatic nitrogens is 1. The molecule has 1 saturated carbocycles. The molecule has 1 heterocycles. The molecule has 1 aliphatic carbocycles. The number of carbonyl (C=O) groups is 1. The molecule has 1 aromatic rings. The second-order valence-corrected chi connectivity index (χ2v) is 4.67.